The molecule has 0 amide bonds. The lowest BCUT2D eigenvalue weighted by Crippen LogP contribution is -2.45. The second-order valence-electron chi connectivity index (χ2n) is 3.77. The number of ether oxygens (including phenoxy) is 2. The molecule has 0 aliphatic heterocycles. The molecule has 17 heavy (non-hydrogen) atoms. The first-order valence-corrected chi connectivity index (χ1v) is 6.01. The van der Waals surface area contributed by atoms with E-state index in [1.54, 1.807) is 0 Å². The van der Waals surface area contributed by atoms with E-state index in [0.717, 1.165) is 12.8 Å². The monoisotopic (exact) mass is 260 g/mol. The summed E-state index contributed by atoms with van der Waals surface area (Å²) >= 11 is 5.55. The van der Waals surface area contributed by atoms with Gasteiger partial charge < -0.3 is 14.6 Å². The van der Waals surface area contributed by atoms with Crippen LogP contribution in [0.4, 0.5) is 0 Å². The van der Waals surface area contributed by atoms with Crippen molar-refractivity contribution < 1.29 is 19.4 Å². The van der Waals surface area contributed by atoms with Gasteiger partial charge in [0.15, 0.2) is 0 Å². The zero-order valence-electron chi connectivity index (χ0n) is 9.77. The van der Waals surface area contributed by atoms with Crippen molar-refractivity contribution in [2.45, 2.75) is 24.7 Å². The molecule has 1 aliphatic carbocycles. The van der Waals surface area contributed by atoms with Crippen LogP contribution in [0.25, 0.3) is 0 Å². The van der Waals surface area contributed by atoms with Crippen LogP contribution in [0.3, 0.4) is 0 Å². The Morgan fingerprint density at radius 1 is 1.59 bits per heavy atom. The quantitative estimate of drug-likeness (QED) is 0.326. The number of aldehydes is 1. The fourth-order valence-electron chi connectivity index (χ4n) is 1.54. The van der Waals surface area contributed by atoms with Gasteiger partial charge in [-0.05, 0) is 25.0 Å². The number of unbranched alkanes of at least 4 members (excludes halogenated alkanes) is 1. The minimum Gasteiger partial charge on any atom is -0.371 e. The molecule has 2 atom stereocenters. The Morgan fingerprint density at radius 3 is 2.94 bits per heavy atom. The molecule has 0 spiro atoms. The number of hydrogen-bond donors (Lipinski definition) is 1. The first-order valence-electron chi connectivity index (χ1n) is 5.47. The maximum absolute atomic E-state index is 10.6. The van der Waals surface area contributed by atoms with Crippen LogP contribution in [-0.4, -0.2) is 42.9 Å². The Balaban J connectivity index is 2.59. The van der Waals surface area contributed by atoms with E-state index in [1.807, 2.05) is 0 Å². The first-order chi connectivity index (χ1) is 8.16. The highest BCUT2D eigenvalue weighted by atomic mass is 35.5. The SMILES string of the molecule is COC1C=C(C=O)C=CC1(O)OCCCCCl. The van der Waals surface area contributed by atoms with Gasteiger partial charge in [0.05, 0.1) is 6.61 Å². The van der Waals surface area contributed by atoms with Crippen LogP contribution >= 0.6 is 11.6 Å². The molecule has 2 unspecified atom stereocenters. The van der Waals surface area contributed by atoms with Crippen LogP contribution in [0.5, 0.6) is 0 Å². The van der Waals surface area contributed by atoms with Crippen LogP contribution in [0.2, 0.25) is 0 Å². The lowest BCUT2D eigenvalue weighted by molar-refractivity contribution is -0.218. The van der Waals surface area contributed by atoms with Crippen molar-refractivity contribution in [2.75, 3.05) is 19.6 Å². The van der Waals surface area contributed by atoms with Gasteiger partial charge in [-0.25, -0.2) is 0 Å². The molecule has 0 aromatic heterocycles. The van der Waals surface area contributed by atoms with Crippen LogP contribution in [0, 0.1) is 0 Å². The normalized spacial score (nSPS) is 27.9. The van der Waals surface area contributed by atoms with E-state index in [4.69, 9.17) is 21.1 Å². The van der Waals surface area contributed by atoms with Gasteiger partial charge in [-0.1, -0.05) is 6.08 Å². The van der Waals surface area contributed by atoms with Crippen LogP contribution < -0.4 is 0 Å². The predicted molar refractivity (Wildman–Crippen MR) is 64.9 cm³/mol. The van der Waals surface area contributed by atoms with E-state index in [9.17, 15) is 9.90 Å². The summed E-state index contributed by atoms with van der Waals surface area (Å²) in [5.41, 5.74) is 0.464. The Hall–Kier alpha value is -0.680. The van der Waals surface area contributed by atoms with Crippen molar-refractivity contribution in [2.24, 2.45) is 0 Å². The van der Waals surface area contributed by atoms with Gasteiger partial charge >= 0.3 is 0 Å². The summed E-state index contributed by atoms with van der Waals surface area (Å²) < 4.78 is 10.5. The number of allylic oxidation sites excluding steroid dienone is 2. The van der Waals surface area contributed by atoms with Gasteiger partial charge in [-0.3, -0.25) is 4.79 Å². The Morgan fingerprint density at radius 2 is 2.35 bits per heavy atom. The summed E-state index contributed by atoms with van der Waals surface area (Å²) in [6.07, 6.45) is 6.11. The molecule has 5 heteroatoms. The number of aliphatic hydroxyl groups is 1. The van der Waals surface area contributed by atoms with Gasteiger partial charge in [-0.15, -0.1) is 11.6 Å². The summed E-state index contributed by atoms with van der Waals surface area (Å²) in [6, 6.07) is 0. The number of rotatable bonds is 7. The molecule has 0 aromatic rings. The third-order valence-electron chi connectivity index (χ3n) is 2.52. The Bertz CT molecular complexity index is 314. The Labute approximate surface area is 106 Å². The molecule has 1 N–H and O–H groups in total. The van der Waals surface area contributed by atoms with E-state index < -0.39 is 11.9 Å². The molecule has 0 heterocycles. The summed E-state index contributed by atoms with van der Waals surface area (Å²) in [5, 5.41) is 10.2. The highest BCUT2D eigenvalue weighted by molar-refractivity contribution is 6.17. The maximum atomic E-state index is 10.6. The summed E-state index contributed by atoms with van der Waals surface area (Å²) in [5.74, 6) is -0.936. The smallest absolute Gasteiger partial charge is 0.216 e. The molecule has 96 valence electrons. The summed E-state index contributed by atoms with van der Waals surface area (Å²) in [6.45, 7) is 0.387. The molecule has 0 fully saturated rings. The van der Waals surface area contributed by atoms with E-state index in [-0.39, 0.29) is 0 Å². The number of halogens is 1. The minimum atomic E-state index is -1.51. The predicted octanol–water partition coefficient (Wildman–Crippen LogP) is 1.42. The van der Waals surface area contributed by atoms with E-state index in [2.05, 4.69) is 0 Å². The molecule has 0 saturated heterocycles. The molecule has 1 rings (SSSR count). The van der Waals surface area contributed by atoms with Crippen molar-refractivity contribution in [1.29, 1.82) is 0 Å². The van der Waals surface area contributed by atoms with Crippen LogP contribution in [-0.2, 0) is 14.3 Å². The Kier molecular flexibility index (Phi) is 5.85. The highest BCUT2D eigenvalue weighted by Gasteiger charge is 2.36. The molecular formula is C12H17ClO4. The van der Waals surface area contributed by atoms with E-state index >= 15 is 0 Å². The molecular weight excluding hydrogens is 244 g/mol. The maximum Gasteiger partial charge on any atom is 0.216 e. The van der Waals surface area contributed by atoms with Crippen molar-refractivity contribution in [3.63, 3.8) is 0 Å². The van der Waals surface area contributed by atoms with Crippen LogP contribution in [0.1, 0.15) is 12.8 Å². The fraction of sp³-hybridized carbons (Fsp3) is 0.583. The van der Waals surface area contributed by atoms with Crippen molar-refractivity contribution in [3.8, 4) is 0 Å². The van der Waals surface area contributed by atoms with Crippen molar-refractivity contribution in [3.05, 3.63) is 23.8 Å². The standard InChI is InChI=1S/C12H17ClO4/c1-16-11-8-10(9-14)4-5-12(11,15)17-7-3-2-6-13/h4-5,8-9,11,15H,2-3,6-7H2,1H3. The third kappa shape index (κ3) is 3.92. The average Bonchev–Trinajstić information content (AvgIpc) is 2.35. The van der Waals surface area contributed by atoms with Gasteiger partial charge in [-0.2, -0.15) is 0 Å². The van der Waals surface area contributed by atoms with E-state index in [1.165, 1.54) is 25.3 Å². The van der Waals surface area contributed by atoms with Gasteiger partial charge in [0, 0.05) is 18.6 Å². The van der Waals surface area contributed by atoms with Crippen molar-refractivity contribution in [1.82, 2.24) is 0 Å². The molecule has 4 nitrogen and oxygen atoms in total. The van der Waals surface area contributed by atoms with Crippen molar-refractivity contribution >= 4 is 17.9 Å². The van der Waals surface area contributed by atoms with Gasteiger partial charge in [0.25, 0.3) is 0 Å². The largest absolute Gasteiger partial charge is 0.371 e. The van der Waals surface area contributed by atoms with Gasteiger partial charge in [0.1, 0.15) is 12.4 Å². The van der Waals surface area contributed by atoms with Crippen LogP contribution in [0.15, 0.2) is 23.8 Å². The fourth-order valence-corrected chi connectivity index (χ4v) is 1.73. The second-order valence-corrected chi connectivity index (χ2v) is 4.15. The molecule has 0 aromatic carbocycles. The minimum absolute atomic E-state index is 0.387. The number of carbonyl (C=O) groups is 1. The lowest BCUT2D eigenvalue weighted by atomic mass is 9.99. The summed E-state index contributed by atoms with van der Waals surface area (Å²) in [7, 11) is 1.45. The third-order valence-corrected chi connectivity index (χ3v) is 2.78. The lowest BCUT2D eigenvalue weighted by Gasteiger charge is -2.33. The zero-order chi connectivity index (χ0) is 12.7. The number of hydrogen-bond acceptors (Lipinski definition) is 4. The molecule has 0 saturated carbocycles. The molecule has 0 radical (unpaired) electrons. The number of alkyl halides is 1. The molecule has 1 aliphatic rings. The first kappa shape index (κ1) is 14.4. The second kappa shape index (κ2) is 6.91. The average molecular weight is 261 g/mol. The number of carbonyl (C=O) groups excluding carboxylic acids is 1. The zero-order valence-corrected chi connectivity index (χ0v) is 10.5. The molecule has 0 bridgehead atoms. The summed E-state index contributed by atoms with van der Waals surface area (Å²) in [4.78, 5) is 10.6. The topological polar surface area (TPSA) is 55.8 Å². The highest BCUT2D eigenvalue weighted by Crippen LogP contribution is 2.24. The van der Waals surface area contributed by atoms with Gasteiger partial charge in [0.2, 0.25) is 5.79 Å². The van der Waals surface area contributed by atoms with E-state index in [0.29, 0.717) is 24.3 Å². The number of methoxy groups -OCH3 is 1.